The SMILES string of the molecule is C[C](C)(C)[V+2][C](C)(C)C.[Cl-].[Cl-]. The van der Waals surface area contributed by atoms with E-state index in [0.29, 0.717) is 24.5 Å². The molecule has 0 nitrogen and oxygen atoms in total. The van der Waals surface area contributed by atoms with E-state index in [1.807, 2.05) is 0 Å². The molecule has 0 bridgehead atoms. The van der Waals surface area contributed by atoms with Crippen LogP contribution in [0, 0.1) is 0 Å². The second-order valence-electron chi connectivity index (χ2n) is 4.45. The van der Waals surface area contributed by atoms with Crippen molar-refractivity contribution in [2.24, 2.45) is 0 Å². The van der Waals surface area contributed by atoms with E-state index < -0.39 is 0 Å². The zero-order valence-electron chi connectivity index (χ0n) is 8.20. The van der Waals surface area contributed by atoms with Gasteiger partial charge in [0.25, 0.3) is 0 Å². The molecule has 69 valence electrons. The van der Waals surface area contributed by atoms with Crippen molar-refractivity contribution in [3.05, 3.63) is 0 Å². The van der Waals surface area contributed by atoms with Crippen LogP contribution in [0.25, 0.3) is 0 Å². The Hall–Kier alpha value is 1.16. The molecule has 3 heteroatoms. The maximum Gasteiger partial charge on any atom is -1.00 e. The molecule has 0 saturated carbocycles. The average Bonchev–Trinajstić information content (AvgIpc) is 1.14. The van der Waals surface area contributed by atoms with Crippen molar-refractivity contribution in [3.8, 4) is 0 Å². The molecular weight excluding hydrogens is 218 g/mol. The van der Waals surface area contributed by atoms with Crippen molar-refractivity contribution in [3.63, 3.8) is 0 Å². The van der Waals surface area contributed by atoms with Crippen LogP contribution in [0.5, 0.6) is 0 Å². The second-order valence-corrected chi connectivity index (χ2v) is 8.99. The summed E-state index contributed by atoms with van der Waals surface area (Å²) in [5, 5.41) is 0. The summed E-state index contributed by atoms with van der Waals surface area (Å²) in [6.07, 6.45) is 0. The van der Waals surface area contributed by atoms with E-state index in [2.05, 4.69) is 41.5 Å². The monoisotopic (exact) mass is 235 g/mol. The van der Waals surface area contributed by atoms with Crippen LogP contribution >= 0.6 is 0 Å². The number of halogens is 2. The van der Waals surface area contributed by atoms with Crippen molar-refractivity contribution in [2.45, 2.75) is 49.8 Å². The van der Waals surface area contributed by atoms with Gasteiger partial charge in [-0.05, 0) is 0 Å². The standard InChI is InChI=1S/2C4H9.2ClH.V/c2*1-4(2)3;;;/h2*1-3H3;2*1H;/q;;;;+2/p-2. The van der Waals surface area contributed by atoms with Gasteiger partial charge >= 0.3 is 66.1 Å². The smallest absolute Gasteiger partial charge is 1.00 e. The summed E-state index contributed by atoms with van der Waals surface area (Å²) in [6.45, 7) is 14.0. The molecule has 0 aromatic rings. The molecule has 0 amide bonds. The third kappa shape index (κ3) is 18.3. The maximum atomic E-state index is 2.33. The van der Waals surface area contributed by atoms with Crippen molar-refractivity contribution in [2.75, 3.05) is 0 Å². The molecule has 0 rings (SSSR count). The molecule has 0 aliphatic carbocycles. The van der Waals surface area contributed by atoms with Gasteiger partial charge in [-0.25, -0.2) is 0 Å². The fraction of sp³-hybridized carbons (Fsp3) is 1.00. The van der Waals surface area contributed by atoms with Gasteiger partial charge in [0.05, 0.1) is 0 Å². The molecule has 0 aromatic heterocycles. The van der Waals surface area contributed by atoms with Crippen molar-refractivity contribution in [1.82, 2.24) is 0 Å². The largest absolute Gasteiger partial charge is 1.00 e. The van der Waals surface area contributed by atoms with Crippen molar-refractivity contribution < 1.29 is 41.1 Å². The third-order valence-electron chi connectivity index (χ3n) is 0.671. The number of hydrogen-bond acceptors (Lipinski definition) is 0. The van der Waals surface area contributed by atoms with Gasteiger partial charge in [-0.15, -0.1) is 0 Å². The van der Waals surface area contributed by atoms with E-state index >= 15 is 0 Å². The van der Waals surface area contributed by atoms with E-state index in [-0.39, 0.29) is 24.8 Å². The molecule has 0 unspecified atom stereocenters. The first-order valence-corrected chi connectivity index (χ1v) is 4.84. The van der Waals surface area contributed by atoms with Crippen LogP contribution in [-0.4, -0.2) is 0 Å². The van der Waals surface area contributed by atoms with Crippen LogP contribution < -0.4 is 24.8 Å². The Morgan fingerprint density at radius 3 is 0.818 bits per heavy atom. The van der Waals surface area contributed by atoms with Gasteiger partial charge in [0.2, 0.25) is 0 Å². The van der Waals surface area contributed by atoms with Gasteiger partial charge in [0.15, 0.2) is 0 Å². The summed E-state index contributed by atoms with van der Waals surface area (Å²) in [6, 6.07) is 0. The molecule has 0 fully saturated rings. The van der Waals surface area contributed by atoms with Gasteiger partial charge < -0.3 is 24.8 Å². The Balaban J connectivity index is -0.000000320. The summed E-state index contributed by atoms with van der Waals surface area (Å²) in [5.74, 6) is 0. The van der Waals surface area contributed by atoms with Gasteiger partial charge in [-0.3, -0.25) is 0 Å². The Bertz CT molecular complexity index is 77.2. The molecular formula is C8H18Cl2V. The van der Waals surface area contributed by atoms with E-state index in [0.717, 1.165) is 0 Å². The van der Waals surface area contributed by atoms with Crippen LogP contribution in [0.1, 0.15) is 41.5 Å². The minimum atomic E-state index is 0. The molecule has 0 radical (unpaired) electrons. The van der Waals surface area contributed by atoms with Crippen molar-refractivity contribution >= 4 is 0 Å². The van der Waals surface area contributed by atoms with Gasteiger partial charge in [0.1, 0.15) is 0 Å². The molecule has 0 heterocycles. The topological polar surface area (TPSA) is 0 Å². The molecule has 11 heavy (non-hydrogen) atoms. The fourth-order valence-corrected chi connectivity index (χ4v) is 4.15. The normalized spacial score (nSPS) is 10.7. The van der Waals surface area contributed by atoms with Crippen LogP contribution in [0.15, 0.2) is 0 Å². The maximum absolute atomic E-state index is 2.33. The van der Waals surface area contributed by atoms with Gasteiger partial charge in [-0.2, -0.15) is 0 Å². The van der Waals surface area contributed by atoms with Gasteiger partial charge in [0, 0.05) is 0 Å². The third-order valence-corrected chi connectivity index (χ3v) is 2.77. The van der Waals surface area contributed by atoms with E-state index in [9.17, 15) is 0 Å². The van der Waals surface area contributed by atoms with E-state index in [1.54, 1.807) is 0 Å². The zero-order chi connectivity index (χ0) is 7.71. The Kier molecular flexibility index (Phi) is 9.44. The van der Waals surface area contributed by atoms with Crippen LogP contribution in [0.3, 0.4) is 0 Å². The van der Waals surface area contributed by atoms with Gasteiger partial charge in [-0.1, -0.05) is 0 Å². The molecule has 0 atom stereocenters. The van der Waals surface area contributed by atoms with Crippen LogP contribution in [-0.2, 0) is 16.3 Å². The van der Waals surface area contributed by atoms with E-state index in [1.165, 1.54) is 0 Å². The Labute approximate surface area is 90.8 Å². The molecule has 0 N–H and O–H groups in total. The van der Waals surface area contributed by atoms with E-state index in [4.69, 9.17) is 0 Å². The average molecular weight is 236 g/mol. The van der Waals surface area contributed by atoms with Crippen molar-refractivity contribution in [1.29, 1.82) is 0 Å². The number of rotatable bonds is 0. The summed E-state index contributed by atoms with van der Waals surface area (Å²) in [5.41, 5.74) is 0. The fourth-order valence-electron chi connectivity index (χ4n) is 1.01. The predicted octanol–water partition coefficient (Wildman–Crippen LogP) is -2.49. The summed E-state index contributed by atoms with van der Waals surface area (Å²) in [7, 11) is 0. The molecule has 0 spiro atoms. The molecule has 0 aliphatic heterocycles. The van der Waals surface area contributed by atoms with Crippen LogP contribution in [0.2, 0.25) is 8.25 Å². The molecule has 0 aromatic carbocycles. The first-order valence-electron chi connectivity index (χ1n) is 3.45. The summed E-state index contributed by atoms with van der Waals surface area (Å²) in [4.78, 5) is 0. The first kappa shape index (κ1) is 18.1. The second kappa shape index (κ2) is 5.75. The summed E-state index contributed by atoms with van der Waals surface area (Å²) >= 11 is 0.479. The predicted molar refractivity (Wildman–Crippen MR) is 39.4 cm³/mol. The Morgan fingerprint density at radius 1 is 0.636 bits per heavy atom. The summed E-state index contributed by atoms with van der Waals surface area (Å²) < 4.78 is 1.16. The molecule has 0 saturated heterocycles. The zero-order valence-corrected chi connectivity index (χ0v) is 11.1. The molecule has 0 aliphatic rings. The minimum Gasteiger partial charge on any atom is -1.00 e. The number of hydrogen-bond donors (Lipinski definition) is 0. The Morgan fingerprint density at radius 2 is 0.818 bits per heavy atom. The minimum absolute atomic E-state index is 0. The quantitative estimate of drug-likeness (QED) is 0.436. The van der Waals surface area contributed by atoms with Crippen LogP contribution in [0.4, 0.5) is 0 Å². The first-order chi connectivity index (χ1) is 3.71.